The summed E-state index contributed by atoms with van der Waals surface area (Å²) in [5, 5.41) is 1.14. The molecule has 12 heavy (non-hydrogen) atoms. The van der Waals surface area contributed by atoms with Crippen LogP contribution in [0.3, 0.4) is 0 Å². The number of aryl methyl sites for hydroxylation is 1. The molecule has 0 bridgehead atoms. The maximum Gasteiger partial charge on any atom is 0.137 e. The topological polar surface area (TPSA) is 28.7 Å². The molecular weight excluding hydrogens is 148 g/mol. The van der Waals surface area contributed by atoms with Crippen molar-refractivity contribution in [2.24, 2.45) is 0 Å². The quantitative estimate of drug-likeness (QED) is 0.678. The Bertz CT molecular complexity index is 426. The summed E-state index contributed by atoms with van der Waals surface area (Å²) in [6.07, 6.45) is 3.64. The van der Waals surface area contributed by atoms with E-state index in [0.29, 0.717) is 0 Å². The van der Waals surface area contributed by atoms with Gasteiger partial charge in [-0.1, -0.05) is 6.58 Å². The number of hydrogen-bond acceptors (Lipinski definition) is 1. The van der Waals surface area contributed by atoms with Crippen LogP contribution in [0, 0.1) is 6.92 Å². The molecule has 0 saturated heterocycles. The van der Waals surface area contributed by atoms with Crippen LogP contribution >= 0.6 is 0 Å². The molecule has 1 N–H and O–H groups in total. The summed E-state index contributed by atoms with van der Waals surface area (Å²) in [5.41, 5.74) is 3.12. The summed E-state index contributed by atoms with van der Waals surface area (Å²) in [5.74, 6) is 0. The van der Waals surface area contributed by atoms with Crippen molar-refractivity contribution in [2.45, 2.75) is 6.92 Å². The second kappa shape index (κ2) is 2.48. The van der Waals surface area contributed by atoms with Crippen LogP contribution in [0.4, 0.5) is 0 Å². The summed E-state index contributed by atoms with van der Waals surface area (Å²) in [4.78, 5) is 7.39. The fourth-order valence-electron chi connectivity index (χ4n) is 1.26. The van der Waals surface area contributed by atoms with E-state index in [2.05, 4.69) is 22.6 Å². The van der Waals surface area contributed by atoms with E-state index < -0.39 is 0 Å². The van der Waals surface area contributed by atoms with Gasteiger partial charge in [-0.15, -0.1) is 0 Å². The van der Waals surface area contributed by atoms with Crippen molar-refractivity contribution >= 4 is 17.1 Å². The molecule has 0 spiro atoms. The monoisotopic (exact) mass is 158 g/mol. The zero-order chi connectivity index (χ0) is 8.55. The van der Waals surface area contributed by atoms with Gasteiger partial charge in [0.1, 0.15) is 5.65 Å². The largest absolute Gasteiger partial charge is 0.340 e. The van der Waals surface area contributed by atoms with Gasteiger partial charge in [0.25, 0.3) is 0 Å². The molecule has 2 aromatic rings. The number of aromatic nitrogens is 2. The number of nitrogens with zero attached hydrogens (tertiary/aromatic N) is 1. The SMILES string of the molecule is C=Cc1cc2cc(C)cnc2[nH]1. The maximum absolute atomic E-state index is 4.25. The van der Waals surface area contributed by atoms with Crippen molar-refractivity contribution < 1.29 is 0 Å². The normalized spacial score (nSPS) is 10.4. The smallest absolute Gasteiger partial charge is 0.137 e. The third kappa shape index (κ3) is 1.01. The zero-order valence-electron chi connectivity index (χ0n) is 6.96. The summed E-state index contributed by atoms with van der Waals surface area (Å²) < 4.78 is 0. The lowest BCUT2D eigenvalue weighted by atomic mass is 10.2. The molecule has 0 fully saturated rings. The van der Waals surface area contributed by atoms with Gasteiger partial charge in [-0.3, -0.25) is 0 Å². The second-order valence-corrected chi connectivity index (χ2v) is 2.88. The Kier molecular flexibility index (Phi) is 1.47. The molecule has 0 aliphatic carbocycles. The fourth-order valence-corrected chi connectivity index (χ4v) is 1.26. The lowest BCUT2D eigenvalue weighted by Crippen LogP contribution is -1.77. The minimum absolute atomic E-state index is 0.926. The van der Waals surface area contributed by atoms with Crippen LogP contribution in [0.15, 0.2) is 24.9 Å². The Morgan fingerprint density at radius 1 is 1.50 bits per heavy atom. The van der Waals surface area contributed by atoms with Crippen LogP contribution in [0.1, 0.15) is 11.3 Å². The summed E-state index contributed by atoms with van der Waals surface area (Å²) in [7, 11) is 0. The minimum Gasteiger partial charge on any atom is -0.340 e. The summed E-state index contributed by atoms with van der Waals surface area (Å²) >= 11 is 0. The highest BCUT2D eigenvalue weighted by Crippen LogP contribution is 2.14. The number of aromatic amines is 1. The van der Waals surface area contributed by atoms with Gasteiger partial charge in [-0.25, -0.2) is 4.98 Å². The number of hydrogen-bond donors (Lipinski definition) is 1. The van der Waals surface area contributed by atoms with Crippen molar-refractivity contribution in [3.8, 4) is 0 Å². The first-order chi connectivity index (χ1) is 5.79. The standard InChI is InChI=1S/C10H10N2/c1-3-9-5-8-4-7(2)6-11-10(8)12-9/h3-6H,1H2,2H3,(H,11,12). The molecule has 0 unspecified atom stereocenters. The van der Waals surface area contributed by atoms with Gasteiger partial charge in [0.05, 0.1) is 0 Å². The average molecular weight is 158 g/mol. The Labute approximate surface area is 70.9 Å². The molecular formula is C10H10N2. The fraction of sp³-hybridized carbons (Fsp3) is 0.100. The average Bonchev–Trinajstić information content (AvgIpc) is 2.46. The van der Waals surface area contributed by atoms with E-state index >= 15 is 0 Å². The molecule has 2 nitrogen and oxygen atoms in total. The molecule has 0 aromatic carbocycles. The molecule has 0 saturated carbocycles. The van der Waals surface area contributed by atoms with Crippen LogP contribution in [0.5, 0.6) is 0 Å². The Morgan fingerprint density at radius 2 is 2.33 bits per heavy atom. The Hall–Kier alpha value is -1.57. The highest BCUT2D eigenvalue weighted by atomic mass is 14.8. The first-order valence-electron chi connectivity index (χ1n) is 3.87. The lowest BCUT2D eigenvalue weighted by Gasteiger charge is -1.89. The third-order valence-electron chi connectivity index (χ3n) is 1.85. The predicted molar refractivity (Wildman–Crippen MR) is 50.9 cm³/mol. The summed E-state index contributed by atoms with van der Waals surface area (Å²) in [6, 6.07) is 4.15. The molecule has 2 aromatic heterocycles. The van der Waals surface area contributed by atoms with E-state index in [-0.39, 0.29) is 0 Å². The number of rotatable bonds is 1. The second-order valence-electron chi connectivity index (χ2n) is 2.88. The molecule has 0 radical (unpaired) electrons. The van der Waals surface area contributed by atoms with E-state index in [1.54, 1.807) is 6.08 Å². The number of pyridine rings is 1. The van der Waals surface area contributed by atoms with E-state index in [4.69, 9.17) is 0 Å². The van der Waals surface area contributed by atoms with Gasteiger partial charge in [0, 0.05) is 17.3 Å². The molecule has 0 aliphatic rings. The lowest BCUT2D eigenvalue weighted by molar-refractivity contribution is 1.28. The Morgan fingerprint density at radius 3 is 3.08 bits per heavy atom. The van der Waals surface area contributed by atoms with E-state index in [0.717, 1.165) is 16.7 Å². The van der Waals surface area contributed by atoms with Crippen LogP contribution in [0.2, 0.25) is 0 Å². The van der Waals surface area contributed by atoms with Gasteiger partial charge >= 0.3 is 0 Å². The molecule has 2 rings (SSSR count). The van der Waals surface area contributed by atoms with Crippen molar-refractivity contribution in [1.82, 2.24) is 9.97 Å². The highest BCUT2D eigenvalue weighted by molar-refractivity contribution is 5.79. The third-order valence-corrected chi connectivity index (χ3v) is 1.85. The maximum atomic E-state index is 4.25. The summed E-state index contributed by atoms with van der Waals surface area (Å²) in [6.45, 7) is 5.72. The molecule has 2 heteroatoms. The van der Waals surface area contributed by atoms with Crippen LogP contribution in [0.25, 0.3) is 17.1 Å². The molecule has 2 heterocycles. The molecule has 60 valence electrons. The van der Waals surface area contributed by atoms with Gasteiger partial charge < -0.3 is 4.98 Å². The van der Waals surface area contributed by atoms with Gasteiger partial charge in [0.15, 0.2) is 0 Å². The number of fused-ring (bicyclic) bond motifs is 1. The highest BCUT2D eigenvalue weighted by Gasteiger charge is 1.97. The van der Waals surface area contributed by atoms with Crippen molar-refractivity contribution in [1.29, 1.82) is 0 Å². The van der Waals surface area contributed by atoms with Crippen LogP contribution in [-0.4, -0.2) is 9.97 Å². The molecule has 0 atom stereocenters. The van der Waals surface area contributed by atoms with Gasteiger partial charge in [0.2, 0.25) is 0 Å². The van der Waals surface area contributed by atoms with Gasteiger partial charge in [-0.05, 0) is 30.7 Å². The minimum atomic E-state index is 0.926. The van der Waals surface area contributed by atoms with Crippen LogP contribution in [-0.2, 0) is 0 Å². The van der Waals surface area contributed by atoms with Gasteiger partial charge in [-0.2, -0.15) is 0 Å². The van der Waals surface area contributed by atoms with E-state index in [1.807, 2.05) is 19.2 Å². The first-order valence-corrected chi connectivity index (χ1v) is 3.87. The number of nitrogens with one attached hydrogen (secondary N) is 1. The first kappa shape index (κ1) is 7.10. The molecule has 0 amide bonds. The van der Waals surface area contributed by atoms with E-state index in [1.165, 1.54) is 5.56 Å². The predicted octanol–water partition coefficient (Wildman–Crippen LogP) is 2.51. The van der Waals surface area contributed by atoms with Crippen molar-refractivity contribution in [3.05, 3.63) is 36.2 Å². The molecule has 0 aliphatic heterocycles. The van der Waals surface area contributed by atoms with Crippen molar-refractivity contribution in [2.75, 3.05) is 0 Å². The Balaban J connectivity index is 2.75. The van der Waals surface area contributed by atoms with Crippen LogP contribution < -0.4 is 0 Å². The van der Waals surface area contributed by atoms with E-state index in [9.17, 15) is 0 Å². The number of H-pyrrole nitrogens is 1. The zero-order valence-corrected chi connectivity index (χ0v) is 6.96. The van der Waals surface area contributed by atoms with Crippen molar-refractivity contribution in [3.63, 3.8) is 0 Å².